The summed E-state index contributed by atoms with van der Waals surface area (Å²) in [7, 11) is 0. The van der Waals surface area contributed by atoms with Gasteiger partial charge in [0.2, 0.25) is 0 Å². The van der Waals surface area contributed by atoms with Gasteiger partial charge in [0, 0.05) is 19.3 Å². The van der Waals surface area contributed by atoms with Crippen LogP contribution in [0.1, 0.15) is 367 Å². The second-order valence-corrected chi connectivity index (χ2v) is 22.7. The van der Waals surface area contributed by atoms with Crippen molar-refractivity contribution in [3.63, 3.8) is 0 Å². The van der Waals surface area contributed by atoms with Gasteiger partial charge < -0.3 is 14.2 Å². The molecule has 0 aromatic heterocycles. The summed E-state index contributed by atoms with van der Waals surface area (Å²) >= 11 is 0. The van der Waals surface area contributed by atoms with Crippen molar-refractivity contribution in [1.29, 1.82) is 0 Å². The van der Waals surface area contributed by atoms with E-state index >= 15 is 0 Å². The van der Waals surface area contributed by atoms with Gasteiger partial charge in [0.25, 0.3) is 0 Å². The van der Waals surface area contributed by atoms with Crippen molar-refractivity contribution in [3.8, 4) is 0 Å². The van der Waals surface area contributed by atoms with Gasteiger partial charge in [-0.1, -0.05) is 308 Å². The van der Waals surface area contributed by atoms with Gasteiger partial charge in [0.05, 0.1) is 0 Å². The zero-order valence-corrected chi connectivity index (χ0v) is 50.6. The van der Waals surface area contributed by atoms with Crippen LogP contribution in [0.5, 0.6) is 0 Å². The van der Waals surface area contributed by atoms with E-state index < -0.39 is 6.10 Å². The van der Waals surface area contributed by atoms with Crippen LogP contribution < -0.4 is 0 Å². The summed E-state index contributed by atoms with van der Waals surface area (Å²) < 4.78 is 16.9. The van der Waals surface area contributed by atoms with Crippen molar-refractivity contribution in [2.75, 3.05) is 13.2 Å². The molecule has 0 radical (unpaired) electrons. The van der Waals surface area contributed by atoms with Crippen molar-refractivity contribution >= 4 is 17.9 Å². The number of rotatable bonds is 62. The van der Waals surface area contributed by atoms with Gasteiger partial charge in [-0.05, 0) is 77.0 Å². The first kappa shape index (κ1) is 72.6. The minimum absolute atomic E-state index is 0.0730. The second kappa shape index (κ2) is 64.2. The summed E-state index contributed by atoms with van der Waals surface area (Å²) in [5.41, 5.74) is 0. The molecule has 0 fully saturated rings. The van der Waals surface area contributed by atoms with Crippen LogP contribution in [0, 0.1) is 0 Å². The maximum atomic E-state index is 12.9. The third-order valence-corrected chi connectivity index (χ3v) is 15.1. The first-order valence-electron chi connectivity index (χ1n) is 33.5. The molecule has 0 aliphatic heterocycles. The van der Waals surface area contributed by atoms with Crippen LogP contribution in [-0.4, -0.2) is 37.2 Å². The van der Waals surface area contributed by atoms with Crippen LogP contribution in [0.25, 0.3) is 0 Å². The zero-order chi connectivity index (χ0) is 54.3. The lowest BCUT2D eigenvalue weighted by atomic mass is 10.0. The summed E-state index contributed by atoms with van der Waals surface area (Å²) in [6.07, 6.45) is 79.0. The molecule has 6 nitrogen and oxygen atoms in total. The Labute approximate surface area is 467 Å². The van der Waals surface area contributed by atoms with Gasteiger partial charge in [-0.3, -0.25) is 14.4 Å². The molecule has 0 heterocycles. The zero-order valence-electron chi connectivity index (χ0n) is 50.6. The Morgan fingerprint density at radius 2 is 0.480 bits per heavy atom. The average molecular weight is 1050 g/mol. The first-order chi connectivity index (χ1) is 37.0. The lowest BCUT2D eigenvalue weighted by Crippen LogP contribution is -2.30. The number of hydrogen-bond donors (Lipinski definition) is 0. The van der Waals surface area contributed by atoms with Gasteiger partial charge in [-0.15, -0.1) is 0 Å². The molecule has 0 saturated heterocycles. The van der Waals surface area contributed by atoms with Gasteiger partial charge >= 0.3 is 17.9 Å². The maximum absolute atomic E-state index is 12.9. The molecule has 0 amide bonds. The number of esters is 3. The van der Waals surface area contributed by atoms with Crippen molar-refractivity contribution in [3.05, 3.63) is 36.5 Å². The third kappa shape index (κ3) is 62.4. The molecular formula is C69H128O6. The molecule has 0 aliphatic carbocycles. The number of allylic oxidation sites excluding steroid dienone is 6. The highest BCUT2D eigenvalue weighted by atomic mass is 16.6. The minimum Gasteiger partial charge on any atom is -0.462 e. The monoisotopic (exact) mass is 1050 g/mol. The van der Waals surface area contributed by atoms with E-state index in [1.54, 1.807) is 0 Å². The second-order valence-electron chi connectivity index (χ2n) is 22.7. The number of carbonyl (C=O) groups is 3. The average Bonchev–Trinajstić information content (AvgIpc) is 3.41. The highest BCUT2D eigenvalue weighted by molar-refractivity contribution is 5.71. The Balaban J connectivity index is 4.08. The van der Waals surface area contributed by atoms with Gasteiger partial charge in [0.1, 0.15) is 13.2 Å². The molecule has 6 heteroatoms. The lowest BCUT2D eigenvalue weighted by Gasteiger charge is -2.18. The fourth-order valence-corrected chi connectivity index (χ4v) is 10.1. The van der Waals surface area contributed by atoms with E-state index in [-0.39, 0.29) is 31.1 Å². The number of unbranched alkanes of at least 4 members (excludes halogenated alkanes) is 45. The highest BCUT2D eigenvalue weighted by Crippen LogP contribution is 2.18. The quantitative estimate of drug-likeness (QED) is 0.0261. The van der Waals surface area contributed by atoms with Gasteiger partial charge in [0.15, 0.2) is 6.10 Å². The molecule has 1 unspecified atom stereocenters. The Morgan fingerprint density at radius 3 is 0.760 bits per heavy atom. The molecule has 0 aliphatic rings. The summed E-state index contributed by atoms with van der Waals surface area (Å²) in [5, 5.41) is 0. The van der Waals surface area contributed by atoms with E-state index in [2.05, 4.69) is 57.2 Å². The molecule has 0 saturated carbocycles. The molecule has 0 aromatic rings. The third-order valence-electron chi connectivity index (χ3n) is 15.1. The predicted octanol–water partition coefficient (Wildman–Crippen LogP) is 22.8. The molecule has 75 heavy (non-hydrogen) atoms. The molecular weight excluding hydrogens is 925 g/mol. The summed E-state index contributed by atoms with van der Waals surface area (Å²) in [6, 6.07) is 0. The van der Waals surface area contributed by atoms with E-state index in [4.69, 9.17) is 14.2 Å². The molecule has 0 N–H and O–H groups in total. The van der Waals surface area contributed by atoms with E-state index in [1.165, 1.54) is 250 Å². The fourth-order valence-electron chi connectivity index (χ4n) is 10.1. The minimum atomic E-state index is -0.775. The molecule has 0 rings (SSSR count). The van der Waals surface area contributed by atoms with Crippen LogP contribution in [0.15, 0.2) is 36.5 Å². The van der Waals surface area contributed by atoms with Crippen LogP contribution in [0.2, 0.25) is 0 Å². The fraction of sp³-hybridized carbons (Fsp3) is 0.870. The van der Waals surface area contributed by atoms with Crippen LogP contribution in [0.3, 0.4) is 0 Å². The summed E-state index contributed by atoms with van der Waals surface area (Å²) in [5.74, 6) is -0.866. The maximum Gasteiger partial charge on any atom is 0.306 e. The van der Waals surface area contributed by atoms with Crippen molar-refractivity contribution in [2.24, 2.45) is 0 Å². The smallest absolute Gasteiger partial charge is 0.306 e. The molecule has 0 bridgehead atoms. The largest absolute Gasteiger partial charge is 0.462 e. The van der Waals surface area contributed by atoms with Gasteiger partial charge in [-0.25, -0.2) is 0 Å². The lowest BCUT2D eigenvalue weighted by molar-refractivity contribution is -0.167. The Kier molecular flexibility index (Phi) is 62.1. The van der Waals surface area contributed by atoms with Crippen molar-refractivity contribution in [1.82, 2.24) is 0 Å². The van der Waals surface area contributed by atoms with Crippen LogP contribution >= 0.6 is 0 Å². The predicted molar refractivity (Wildman–Crippen MR) is 326 cm³/mol. The first-order valence-corrected chi connectivity index (χ1v) is 33.5. The molecule has 0 aromatic carbocycles. The topological polar surface area (TPSA) is 78.9 Å². The van der Waals surface area contributed by atoms with E-state index in [0.29, 0.717) is 19.3 Å². The van der Waals surface area contributed by atoms with E-state index in [1.807, 2.05) is 0 Å². The van der Waals surface area contributed by atoms with Crippen LogP contribution in [-0.2, 0) is 28.6 Å². The van der Waals surface area contributed by atoms with Crippen LogP contribution in [0.4, 0.5) is 0 Å². The number of hydrogen-bond acceptors (Lipinski definition) is 6. The molecule has 440 valence electrons. The summed E-state index contributed by atoms with van der Waals surface area (Å²) in [4.78, 5) is 38.2. The normalized spacial score (nSPS) is 12.2. The standard InChI is InChI=1S/C69H128O6/c1-4-7-10-13-16-19-22-24-26-28-29-30-31-32-33-34-35-36-37-38-39-40-41-42-44-45-47-50-53-56-59-62-68(71)74-65-66(64-73-67(70)61-58-55-52-49-21-18-15-12-9-6-3)75-69(72)63-60-57-54-51-48-46-43-27-25-23-20-17-14-11-8-5-2/h20,23,27-29,43,66H,4-19,21-22,24-26,30-42,44-65H2,1-3H3/b23-20-,29-28-,43-27-. The summed E-state index contributed by atoms with van der Waals surface area (Å²) in [6.45, 7) is 6.65. The molecule has 0 spiro atoms. The van der Waals surface area contributed by atoms with Gasteiger partial charge in [-0.2, -0.15) is 0 Å². The van der Waals surface area contributed by atoms with E-state index in [0.717, 1.165) is 77.0 Å². The van der Waals surface area contributed by atoms with Crippen molar-refractivity contribution < 1.29 is 28.6 Å². The van der Waals surface area contributed by atoms with Crippen molar-refractivity contribution in [2.45, 2.75) is 374 Å². The highest BCUT2D eigenvalue weighted by Gasteiger charge is 2.19. The molecule has 1 atom stereocenters. The SMILES string of the molecule is CCCCCC/C=C\C/C=C\CCCCCCCC(=O)OC(COC(=O)CCCCCCCCCCCC)COC(=O)CCCCCCCCCCCCCCCCCCCCC/C=C\CCCCCCCCCC. The Bertz CT molecular complexity index is 1250. The number of carbonyl (C=O) groups excluding carboxylic acids is 3. The Morgan fingerprint density at radius 1 is 0.267 bits per heavy atom. The van der Waals surface area contributed by atoms with E-state index in [9.17, 15) is 14.4 Å². The Hall–Kier alpha value is -2.37. The number of ether oxygens (including phenoxy) is 3.